The van der Waals surface area contributed by atoms with E-state index in [9.17, 15) is 9.59 Å². The zero-order chi connectivity index (χ0) is 24.4. The van der Waals surface area contributed by atoms with Crippen molar-refractivity contribution in [3.8, 4) is 28.1 Å². The Morgan fingerprint density at radius 2 is 1.74 bits per heavy atom. The van der Waals surface area contributed by atoms with Crippen LogP contribution in [0.4, 0.5) is 11.5 Å². The fraction of sp³-hybridized carbons (Fsp3) is 0.120. The molecule has 9 heteroatoms. The van der Waals surface area contributed by atoms with Gasteiger partial charge in [0, 0.05) is 23.9 Å². The molecule has 9 nitrogen and oxygen atoms in total. The smallest absolute Gasteiger partial charge is 0.341 e. The number of nitrogen functional groups attached to an aromatic ring is 1. The second-order valence-electron chi connectivity index (χ2n) is 7.76. The van der Waals surface area contributed by atoms with Crippen LogP contribution in [0.3, 0.4) is 0 Å². The molecule has 2 aromatic carbocycles. The third-order valence-corrected chi connectivity index (χ3v) is 5.31. The molecule has 4 N–H and O–H groups in total. The fourth-order valence-electron chi connectivity index (χ4n) is 3.71. The van der Waals surface area contributed by atoms with Crippen LogP contribution in [0.25, 0.3) is 33.4 Å². The first-order valence-electron chi connectivity index (χ1n) is 10.4. The number of carboxylic acid groups (broad SMARTS) is 1. The Hall–Kier alpha value is -4.66. The summed E-state index contributed by atoms with van der Waals surface area (Å²) in [6.07, 6.45) is 1.42. The molecule has 34 heavy (non-hydrogen) atoms. The number of ether oxygens (including phenoxy) is 1. The highest BCUT2D eigenvalue weighted by molar-refractivity contribution is 6.08. The maximum Gasteiger partial charge on any atom is 0.341 e. The van der Waals surface area contributed by atoms with E-state index >= 15 is 0 Å². The van der Waals surface area contributed by atoms with Gasteiger partial charge in [-0.15, -0.1) is 0 Å². The molecule has 172 valence electrons. The van der Waals surface area contributed by atoms with Gasteiger partial charge in [0.15, 0.2) is 6.61 Å². The molecule has 0 radical (unpaired) electrons. The molecule has 4 aromatic rings. The number of fused-ring (bicyclic) bond motifs is 1. The van der Waals surface area contributed by atoms with Gasteiger partial charge in [0.05, 0.1) is 11.1 Å². The van der Waals surface area contributed by atoms with E-state index in [1.165, 1.54) is 6.33 Å². The van der Waals surface area contributed by atoms with Crippen molar-refractivity contribution in [3.63, 3.8) is 0 Å². The number of carbonyl (C=O) groups is 2. The normalized spacial score (nSPS) is 10.8. The molecule has 1 amide bonds. The molecule has 0 aliphatic rings. The van der Waals surface area contributed by atoms with Crippen molar-refractivity contribution in [1.82, 2.24) is 14.5 Å². The molecular weight excluding hydrogens is 434 g/mol. The van der Waals surface area contributed by atoms with Crippen molar-refractivity contribution in [2.24, 2.45) is 7.05 Å². The number of nitrogens with two attached hydrogens (primary N) is 1. The fourth-order valence-corrected chi connectivity index (χ4v) is 3.71. The van der Waals surface area contributed by atoms with Crippen molar-refractivity contribution >= 4 is 34.4 Å². The summed E-state index contributed by atoms with van der Waals surface area (Å²) >= 11 is 0. The maximum absolute atomic E-state index is 11.9. The summed E-state index contributed by atoms with van der Waals surface area (Å²) in [4.78, 5) is 31.3. The van der Waals surface area contributed by atoms with Crippen molar-refractivity contribution in [2.45, 2.75) is 6.92 Å². The predicted molar refractivity (Wildman–Crippen MR) is 130 cm³/mol. The van der Waals surface area contributed by atoms with E-state index in [0.29, 0.717) is 33.9 Å². The topological polar surface area (TPSA) is 132 Å². The van der Waals surface area contributed by atoms with Gasteiger partial charge >= 0.3 is 5.97 Å². The number of amides is 1. The summed E-state index contributed by atoms with van der Waals surface area (Å²) in [6, 6.07) is 14.5. The van der Waals surface area contributed by atoms with Crippen LogP contribution < -0.4 is 15.8 Å². The Morgan fingerprint density at radius 3 is 2.35 bits per heavy atom. The van der Waals surface area contributed by atoms with Gasteiger partial charge in [-0.05, 0) is 42.3 Å². The first kappa shape index (κ1) is 22.5. The Labute approximate surface area is 195 Å². The molecular formula is C25H23N5O4. The minimum atomic E-state index is -1.05. The van der Waals surface area contributed by atoms with Crippen molar-refractivity contribution in [3.05, 3.63) is 67.0 Å². The first-order valence-corrected chi connectivity index (χ1v) is 10.4. The lowest BCUT2D eigenvalue weighted by atomic mass is 9.98. The molecule has 0 bridgehead atoms. The van der Waals surface area contributed by atoms with E-state index in [0.717, 1.165) is 22.4 Å². The molecule has 0 saturated heterocycles. The number of rotatable bonds is 7. The SMILES string of the molecule is C=C(C)C(=O)Nc1ccc(-c2c(-c3ccc(OCC(=O)O)cc3)c3c(N)ncnc3n2C)cc1. The second kappa shape index (κ2) is 9.07. The van der Waals surface area contributed by atoms with Crippen LogP contribution in [0.5, 0.6) is 5.75 Å². The number of hydrogen-bond acceptors (Lipinski definition) is 6. The standard InChI is InChI=1S/C25H23N5O4/c1-14(2)25(33)29-17-8-4-16(5-9-17)22-20(21-23(26)27-13-28-24(21)30(22)3)15-6-10-18(11-7-15)34-12-19(31)32/h4-11,13H,1,12H2,2-3H3,(H,29,33)(H,31,32)(H2,26,27,28). The van der Waals surface area contributed by atoms with Gasteiger partial charge in [0.25, 0.3) is 5.91 Å². The maximum atomic E-state index is 11.9. The largest absolute Gasteiger partial charge is 0.482 e. The number of benzene rings is 2. The van der Waals surface area contributed by atoms with Crippen LogP contribution in [0.15, 0.2) is 67.0 Å². The van der Waals surface area contributed by atoms with Gasteiger partial charge in [-0.2, -0.15) is 0 Å². The second-order valence-corrected chi connectivity index (χ2v) is 7.76. The third kappa shape index (κ3) is 4.31. The molecule has 0 aliphatic carbocycles. The monoisotopic (exact) mass is 457 g/mol. The highest BCUT2D eigenvalue weighted by Crippen LogP contribution is 2.42. The Balaban J connectivity index is 1.82. The van der Waals surface area contributed by atoms with Gasteiger partial charge in [0.1, 0.15) is 23.5 Å². The van der Waals surface area contributed by atoms with E-state index in [4.69, 9.17) is 15.6 Å². The van der Waals surface area contributed by atoms with E-state index in [1.54, 1.807) is 19.1 Å². The van der Waals surface area contributed by atoms with E-state index < -0.39 is 12.6 Å². The minimum absolute atomic E-state index is 0.244. The Bertz CT molecular complexity index is 1410. The Morgan fingerprint density at radius 1 is 1.09 bits per heavy atom. The summed E-state index contributed by atoms with van der Waals surface area (Å²) in [5, 5.41) is 12.3. The van der Waals surface area contributed by atoms with E-state index in [2.05, 4.69) is 21.9 Å². The van der Waals surface area contributed by atoms with Gasteiger partial charge in [-0.25, -0.2) is 14.8 Å². The lowest BCUT2D eigenvalue weighted by Gasteiger charge is -2.11. The van der Waals surface area contributed by atoms with Crippen molar-refractivity contribution in [2.75, 3.05) is 17.7 Å². The molecule has 2 aromatic heterocycles. The summed E-state index contributed by atoms with van der Waals surface area (Å²) in [5.41, 5.74) is 11.4. The van der Waals surface area contributed by atoms with Crippen LogP contribution in [0, 0.1) is 0 Å². The van der Waals surface area contributed by atoms with Crippen molar-refractivity contribution in [1.29, 1.82) is 0 Å². The number of nitrogens with one attached hydrogen (secondary N) is 1. The third-order valence-electron chi connectivity index (χ3n) is 5.31. The number of anilines is 2. The van der Waals surface area contributed by atoms with Gasteiger partial charge < -0.3 is 25.5 Å². The lowest BCUT2D eigenvalue weighted by molar-refractivity contribution is -0.139. The molecule has 0 aliphatic heterocycles. The molecule has 0 fully saturated rings. The number of aliphatic carboxylic acids is 1. The quantitative estimate of drug-likeness (QED) is 0.359. The molecule has 0 atom stereocenters. The first-order chi connectivity index (χ1) is 16.3. The number of hydrogen-bond donors (Lipinski definition) is 3. The summed E-state index contributed by atoms with van der Waals surface area (Å²) < 4.78 is 7.20. The molecule has 4 rings (SSSR count). The predicted octanol–water partition coefficient (Wildman–Crippen LogP) is 3.86. The van der Waals surface area contributed by atoms with Gasteiger partial charge in [0.2, 0.25) is 0 Å². The average Bonchev–Trinajstić information content (AvgIpc) is 3.12. The number of nitrogens with zero attached hydrogens (tertiary/aromatic N) is 3. The Kier molecular flexibility index (Phi) is 6.01. The highest BCUT2D eigenvalue weighted by Gasteiger charge is 2.22. The van der Waals surface area contributed by atoms with Gasteiger partial charge in [-0.3, -0.25) is 4.79 Å². The number of carboxylic acids is 1. The van der Waals surface area contributed by atoms with Crippen LogP contribution in [0.1, 0.15) is 6.92 Å². The van der Waals surface area contributed by atoms with Crippen LogP contribution in [-0.4, -0.2) is 38.1 Å². The number of aromatic nitrogens is 3. The minimum Gasteiger partial charge on any atom is -0.482 e. The highest BCUT2D eigenvalue weighted by atomic mass is 16.5. The molecule has 0 unspecified atom stereocenters. The lowest BCUT2D eigenvalue weighted by Crippen LogP contribution is -2.11. The van der Waals surface area contributed by atoms with Crippen LogP contribution in [0.2, 0.25) is 0 Å². The van der Waals surface area contributed by atoms with Crippen LogP contribution in [-0.2, 0) is 16.6 Å². The molecule has 2 heterocycles. The number of carbonyl (C=O) groups excluding carboxylic acids is 1. The summed E-state index contributed by atoms with van der Waals surface area (Å²) in [5.74, 6) is -0.507. The number of aryl methyl sites for hydroxylation is 1. The molecule has 0 saturated carbocycles. The summed E-state index contributed by atoms with van der Waals surface area (Å²) in [6.45, 7) is 4.88. The van der Waals surface area contributed by atoms with Crippen molar-refractivity contribution < 1.29 is 19.4 Å². The zero-order valence-corrected chi connectivity index (χ0v) is 18.7. The van der Waals surface area contributed by atoms with E-state index in [-0.39, 0.29) is 5.91 Å². The van der Waals surface area contributed by atoms with Crippen LogP contribution >= 0.6 is 0 Å². The van der Waals surface area contributed by atoms with Gasteiger partial charge in [-0.1, -0.05) is 30.8 Å². The zero-order valence-electron chi connectivity index (χ0n) is 18.7. The average molecular weight is 457 g/mol. The summed E-state index contributed by atoms with van der Waals surface area (Å²) in [7, 11) is 1.90. The molecule has 0 spiro atoms. The van der Waals surface area contributed by atoms with E-state index in [1.807, 2.05) is 48.0 Å².